The molecule has 0 aliphatic carbocycles. The van der Waals surface area contributed by atoms with Crippen LogP contribution in [0.3, 0.4) is 0 Å². The summed E-state index contributed by atoms with van der Waals surface area (Å²) >= 11 is 5.77. The summed E-state index contributed by atoms with van der Waals surface area (Å²) in [5.41, 5.74) is 2.44. The van der Waals surface area contributed by atoms with E-state index in [2.05, 4.69) is 0 Å². The molecule has 0 aliphatic rings. The molecule has 0 saturated carbocycles. The summed E-state index contributed by atoms with van der Waals surface area (Å²) in [7, 11) is 0. The van der Waals surface area contributed by atoms with Crippen LogP contribution in [0.2, 0.25) is 5.02 Å². The normalized spacial score (nSPS) is 15.2. The summed E-state index contributed by atoms with van der Waals surface area (Å²) in [6.45, 7) is 1.71. The number of alkyl halides is 3. The number of benzene rings is 1. The highest BCUT2D eigenvalue weighted by Gasteiger charge is 2.58. The third-order valence-corrected chi connectivity index (χ3v) is 2.92. The summed E-state index contributed by atoms with van der Waals surface area (Å²) in [6.07, 6.45) is -5.97. The largest absolute Gasteiger partial charge is 0.480 e. The van der Waals surface area contributed by atoms with Crippen molar-refractivity contribution in [3.05, 3.63) is 34.3 Å². The van der Waals surface area contributed by atoms with Crippen LogP contribution in [0, 0.1) is 6.92 Å². The summed E-state index contributed by atoms with van der Waals surface area (Å²) < 4.78 is 38.1. The number of rotatable bonds is 3. The molecule has 7 heteroatoms. The number of carboxylic acid groups (broad SMARTS) is 1. The van der Waals surface area contributed by atoms with Crippen molar-refractivity contribution in [3.63, 3.8) is 0 Å². The van der Waals surface area contributed by atoms with Gasteiger partial charge in [0.1, 0.15) is 0 Å². The van der Waals surface area contributed by atoms with Crippen LogP contribution in [0.1, 0.15) is 11.1 Å². The first-order chi connectivity index (χ1) is 8.08. The maximum atomic E-state index is 12.7. The van der Waals surface area contributed by atoms with E-state index in [1.54, 1.807) is 13.0 Å². The van der Waals surface area contributed by atoms with Crippen LogP contribution >= 0.6 is 11.6 Å². The molecule has 1 unspecified atom stereocenters. The number of hydrogen-bond acceptors (Lipinski definition) is 2. The predicted molar refractivity (Wildman–Crippen MR) is 60.5 cm³/mol. The summed E-state index contributed by atoms with van der Waals surface area (Å²) in [5, 5.41) is 8.75. The smallest absolute Gasteiger partial charge is 0.417 e. The molecule has 0 heterocycles. The zero-order chi connectivity index (χ0) is 14.1. The molecule has 0 bridgehead atoms. The standard InChI is InChI=1S/C11H11ClF3NO2/c1-6-2-3-7(8(12)4-6)5-10(16,9(17)18)11(13,14)15/h2-4H,5,16H2,1H3,(H,17,18). The van der Waals surface area contributed by atoms with Crippen molar-refractivity contribution in [2.45, 2.75) is 25.1 Å². The Morgan fingerprint density at radius 2 is 2.00 bits per heavy atom. The van der Waals surface area contributed by atoms with Crippen molar-refractivity contribution in [3.8, 4) is 0 Å². The lowest BCUT2D eigenvalue weighted by molar-refractivity contribution is -0.201. The lowest BCUT2D eigenvalue weighted by Gasteiger charge is -2.27. The van der Waals surface area contributed by atoms with Gasteiger partial charge in [0, 0.05) is 11.4 Å². The average molecular weight is 282 g/mol. The number of aryl methyl sites for hydroxylation is 1. The fraction of sp³-hybridized carbons (Fsp3) is 0.364. The third kappa shape index (κ3) is 2.76. The number of carbonyl (C=O) groups is 1. The molecule has 18 heavy (non-hydrogen) atoms. The first kappa shape index (κ1) is 14.8. The van der Waals surface area contributed by atoms with Gasteiger partial charge in [-0.15, -0.1) is 0 Å². The van der Waals surface area contributed by atoms with Gasteiger partial charge in [-0.3, -0.25) is 0 Å². The van der Waals surface area contributed by atoms with Crippen LogP contribution < -0.4 is 5.73 Å². The van der Waals surface area contributed by atoms with Gasteiger partial charge in [-0.2, -0.15) is 13.2 Å². The first-order valence-corrected chi connectivity index (χ1v) is 5.30. The Bertz CT molecular complexity index is 476. The van der Waals surface area contributed by atoms with Gasteiger partial charge >= 0.3 is 12.1 Å². The third-order valence-electron chi connectivity index (χ3n) is 2.57. The van der Waals surface area contributed by atoms with Crippen molar-refractivity contribution < 1.29 is 23.1 Å². The molecule has 0 radical (unpaired) electrons. The van der Waals surface area contributed by atoms with Gasteiger partial charge in [-0.25, -0.2) is 4.79 Å². The molecule has 100 valence electrons. The van der Waals surface area contributed by atoms with Crippen LogP contribution in [-0.4, -0.2) is 22.8 Å². The number of hydrogen-bond donors (Lipinski definition) is 2. The second kappa shape index (κ2) is 4.78. The van der Waals surface area contributed by atoms with Crippen molar-refractivity contribution in [2.75, 3.05) is 0 Å². The molecule has 1 rings (SSSR count). The molecule has 0 fully saturated rings. The van der Waals surface area contributed by atoms with E-state index in [1.807, 2.05) is 0 Å². The van der Waals surface area contributed by atoms with Gasteiger partial charge in [-0.05, 0) is 24.1 Å². The van der Waals surface area contributed by atoms with Gasteiger partial charge in [0.2, 0.25) is 5.54 Å². The molecule has 0 aromatic heterocycles. The highest BCUT2D eigenvalue weighted by molar-refractivity contribution is 6.31. The number of nitrogens with two attached hydrogens (primary N) is 1. The van der Waals surface area contributed by atoms with E-state index in [0.717, 1.165) is 5.56 Å². The maximum Gasteiger partial charge on any atom is 0.417 e. The highest BCUT2D eigenvalue weighted by Crippen LogP contribution is 2.33. The molecule has 0 spiro atoms. The molecule has 0 amide bonds. The van der Waals surface area contributed by atoms with E-state index < -0.39 is 24.1 Å². The van der Waals surface area contributed by atoms with E-state index in [-0.39, 0.29) is 10.6 Å². The second-order valence-corrected chi connectivity index (χ2v) is 4.45. The van der Waals surface area contributed by atoms with Gasteiger partial charge in [0.05, 0.1) is 0 Å². The molecular weight excluding hydrogens is 271 g/mol. The van der Waals surface area contributed by atoms with Gasteiger partial charge in [0.25, 0.3) is 0 Å². The predicted octanol–water partition coefficient (Wildman–Crippen LogP) is 2.54. The first-order valence-electron chi connectivity index (χ1n) is 4.92. The minimum atomic E-state index is -5.06. The monoisotopic (exact) mass is 281 g/mol. The zero-order valence-electron chi connectivity index (χ0n) is 9.38. The van der Waals surface area contributed by atoms with Crippen LogP contribution in [0.5, 0.6) is 0 Å². The van der Waals surface area contributed by atoms with Crippen molar-refractivity contribution in [1.29, 1.82) is 0 Å². The topological polar surface area (TPSA) is 63.3 Å². The van der Waals surface area contributed by atoms with Crippen LogP contribution in [0.4, 0.5) is 13.2 Å². The molecule has 0 aliphatic heterocycles. The minimum absolute atomic E-state index is 0.0458. The fourth-order valence-corrected chi connectivity index (χ4v) is 1.70. The van der Waals surface area contributed by atoms with E-state index in [9.17, 15) is 18.0 Å². The van der Waals surface area contributed by atoms with Gasteiger partial charge < -0.3 is 10.8 Å². The summed E-state index contributed by atoms with van der Waals surface area (Å²) in [5.74, 6) is -2.13. The van der Waals surface area contributed by atoms with E-state index in [4.69, 9.17) is 22.4 Å². The Kier molecular flexibility index (Phi) is 3.92. The van der Waals surface area contributed by atoms with E-state index in [1.165, 1.54) is 12.1 Å². The second-order valence-electron chi connectivity index (χ2n) is 4.05. The minimum Gasteiger partial charge on any atom is -0.480 e. The maximum absolute atomic E-state index is 12.7. The number of carboxylic acids is 1. The van der Waals surface area contributed by atoms with Gasteiger partial charge in [-0.1, -0.05) is 23.7 Å². The average Bonchev–Trinajstić information content (AvgIpc) is 2.20. The molecule has 0 saturated heterocycles. The highest BCUT2D eigenvalue weighted by atomic mass is 35.5. The lowest BCUT2D eigenvalue weighted by Crippen LogP contribution is -2.61. The van der Waals surface area contributed by atoms with Crippen molar-refractivity contribution in [2.24, 2.45) is 5.73 Å². The van der Waals surface area contributed by atoms with Crippen LogP contribution in [0.15, 0.2) is 18.2 Å². The Morgan fingerprint density at radius 3 is 2.39 bits per heavy atom. The van der Waals surface area contributed by atoms with Crippen molar-refractivity contribution in [1.82, 2.24) is 0 Å². The SMILES string of the molecule is Cc1ccc(CC(N)(C(=O)O)C(F)(F)F)c(Cl)c1. The van der Waals surface area contributed by atoms with E-state index >= 15 is 0 Å². The van der Waals surface area contributed by atoms with Crippen LogP contribution in [-0.2, 0) is 11.2 Å². The molecule has 3 N–H and O–H groups in total. The van der Waals surface area contributed by atoms with Crippen LogP contribution in [0.25, 0.3) is 0 Å². The Labute approximate surface area is 106 Å². The lowest BCUT2D eigenvalue weighted by atomic mass is 9.91. The molecule has 1 aromatic rings. The summed E-state index contributed by atoms with van der Waals surface area (Å²) in [6, 6.07) is 4.34. The number of halogens is 4. The summed E-state index contributed by atoms with van der Waals surface area (Å²) in [4.78, 5) is 10.8. The Morgan fingerprint density at radius 1 is 1.44 bits per heavy atom. The molecule has 1 aromatic carbocycles. The zero-order valence-corrected chi connectivity index (χ0v) is 10.1. The molecule has 3 nitrogen and oxygen atoms in total. The Hall–Kier alpha value is -1.27. The van der Waals surface area contributed by atoms with Crippen molar-refractivity contribution >= 4 is 17.6 Å². The molecular formula is C11H11ClF3NO2. The molecule has 1 atom stereocenters. The fourth-order valence-electron chi connectivity index (χ4n) is 1.39. The quantitative estimate of drug-likeness (QED) is 0.895. The number of aliphatic carboxylic acids is 1. The van der Waals surface area contributed by atoms with E-state index in [0.29, 0.717) is 0 Å². The van der Waals surface area contributed by atoms with Gasteiger partial charge in [0.15, 0.2) is 0 Å². The Balaban J connectivity index is 3.17.